The number of benzene rings is 2. The van der Waals surface area contributed by atoms with Crippen LogP contribution in [0.25, 0.3) is 11.3 Å². The summed E-state index contributed by atoms with van der Waals surface area (Å²) in [6.45, 7) is 0.863. The summed E-state index contributed by atoms with van der Waals surface area (Å²) < 4.78 is 3.55. The fraction of sp³-hybridized carbons (Fsp3) is 0.0741. The highest BCUT2D eigenvalue weighted by molar-refractivity contribution is 7.16. The lowest BCUT2D eigenvalue weighted by atomic mass is 10.2. The van der Waals surface area contributed by atoms with Gasteiger partial charge in [-0.05, 0) is 42.0 Å². The molecule has 5 rings (SSSR count). The molecule has 180 valence electrons. The van der Waals surface area contributed by atoms with Crippen LogP contribution in [0.5, 0.6) is 0 Å². The van der Waals surface area contributed by atoms with E-state index in [4.69, 9.17) is 23.2 Å². The first-order chi connectivity index (χ1) is 17.5. The Bertz CT molecular complexity index is 1590. The van der Waals surface area contributed by atoms with E-state index in [1.807, 2.05) is 42.5 Å². The van der Waals surface area contributed by atoms with E-state index < -0.39 is 5.91 Å². The molecule has 3 aromatic heterocycles. The van der Waals surface area contributed by atoms with E-state index in [2.05, 4.69) is 10.4 Å². The Morgan fingerprint density at radius 2 is 1.72 bits per heavy atom. The smallest absolute Gasteiger partial charge is 0.281 e. The zero-order valence-corrected chi connectivity index (χ0v) is 21.2. The van der Waals surface area contributed by atoms with Crippen molar-refractivity contribution in [3.63, 3.8) is 0 Å². The number of anilines is 1. The molecule has 0 amide bonds. The topological polar surface area (TPSA) is 68.9 Å². The van der Waals surface area contributed by atoms with Crippen LogP contribution in [0, 0.1) is 0 Å². The predicted octanol–water partition coefficient (Wildman–Crippen LogP) is 6.43. The predicted molar refractivity (Wildman–Crippen MR) is 145 cm³/mol. The molecule has 0 bridgehead atoms. The molecule has 0 aliphatic carbocycles. The van der Waals surface area contributed by atoms with Crippen LogP contribution >= 0.6 is 34.5 Å². The molecule has 0 aliphatic heterocycles. The second-order valence-corrected chi connectivity index (χ2v) is 10.2. The third-order valence-electron chi connectivity index (χ3n) is 5.57. The van der Waals surface area contributed by atoms with E-state index in [0.717, 1.165) is 10.4 Å². The summed E-state index contributed by atoms with van der Waals surface area (Å²) in [6, 6.07) is 25.5. The van der Waals surface area contributed by atoms with Gasteiger partial charge in [0.2, 0.25) is 0 Å². The second kappa shape index (κ2) is 10.5. The first-order valence-corrected chi connectivity index (χ1v) is 12.7. The summed E-state index contributed by atoms with van der Waals surface area (Å²) in [5.41, 5.74) is 1.89. The zero-order valence-electron chi connectivity index (χ0n) is 18.9. The van der Waals surface area contributed by atoms with E-state index in [9.17, 15) is 9.59 Å². The standard InChI is InChI=1S/C27H20Cl2N4O2S/c28-22-11-5-4-9-20(22)27(35)33-25(30-16-19-12-13-24(29)36-19)15-23(31-33)21-10-6-14-32(26(21)34)17-18-7-2-1-3-8-18/h1-15,30H,16-17H2. The number of hydrogen-bond donors (Lipinski definition) is 1. The van der Waals surface area contributed by atoms with Crippen molar-refractivity contribution in [2.45, 2.75) is 13.1 Å². The van der Waals surface area contributed by atoms with Crippen molar-refractivity contribution in [3.05, 3.63) is 127 Å². The molecule has 6 nitrogen and oxygen atoms in total. The monoisotopic (exact) mass is 534 g/mol. The Morgan fingerprint density at radius 1 is 0.944 bits per heavy atom. The molecule has 36 heavy (non-hydrogen) atoms. The fourth-order valence-electron chi connectivity index (χ4n) is 3.80. The molecule has 0 aliphatic rings. The van der Waals surface area contributed by atoms with Crippen molar-refractivity contribution < 1.29 is 4.79 Å². The van der Waals surface area contributed by atoms with Crippen molar-refractivity contribution in [3.8, 4) is 11.3 Å². The summed E-state index contributed by atoms with van der Waals surface area (Å²) in [7, 11) is 0. The Balaban J connectivity index is 1.53. The molecule has 5 aromatic rings. The Morgan fingerprint density at radius 3 is 2.47 bits per heavy atom. The van der Waals surface area contributed by atoms with Crippen molar-refractivity contribution >= 4 is 46.3 Å². The van der Waals surface area contributed by atoms with Crippen LogP contribution in [0.15, 0.2) is 95.9 Å². The van der Waals surface area contributed by atoms with Gasteiger partial charge in [-0.1, -0.05) is 65.7 Å². The molecule has 0 radical (unpaired) electrons. The Labute approximate surface area is 221 Å². The van der Waals surface area contributed by atoms with Gasteiger partial charge in [0.25, 0.3) is 11.5 Å². The molecule has 0 saturated heterocycles. The normalized spacial score (nSPS) is 10.9. The molecule has 1 N–H and O–H groups in total. The first-order valence-electron chi connectivity index (χ1n) is 11.1. The van der Waals surface area contributed by atoms with Gasteiger partial charge in [0.1, 0.15) is 11.5 Å². The van der Waals surface area contributed by atoms with Crippen LogP contribution in [0.3, 0.4) is 0 Å². The van der Waals surface area contributed by atoms with Gasteiger partial charge in [-0.3, -0.25) is 9.59 Å². The molecule has 2 aromatic carbocycles. The summed E-state index contributed by atoms with van der Waals surface area (Å²) in [6.07, 6.45) is 1.74. The van der Waals surface area contributed by atoms with Crippen LogP contribution in [-0.4, -0.2) is 20.3 Å². The quantitative estimate of drug-likeness (QED) is 0.261. The van der Waals surface area contributed by atoms with Gasteiger partial charge >= 0.3 is 0 Å². The Hall–Kier alpha value is -3.65. The third-order valence-corrected chi connectivity index (χ3v) is 7.13. The van der Waals surface area contributed by atoms with E-state index in [-0.39, 0.29) is 5.56 Å². The van der Waals surface area contributed by atoms with Crippen LogP contribution in [0.4, 0.5) is 5.82 Å². The minimum atomic E-state index is -0.404. The lowest BCUT2D eigenvalue weighted by molar-refractivity contribution is 0.0948. The summed E-state index contributed by atoms with van der Waals surface area (Å²) in [5.74, 6) is 0.0383. The third kappa shape index (κ3) is 5.14. The largest absolute Gasteiger partial charge is 0.365 e. The SMILES string of the molecule is O=C(c1ccccc1Cl)n1nc(-c2cccn(Cc3ccccc3)c2=O)cc1NCc1ccc(Cl)s1. The van der Waals surface area contributed by atoms with E-state index in [1.165, 1.54) is 16.0 Å². The molecular formula is C27H20Cl2N4O2S. The van der Waals surface area contributed by atoms with E-state index in [0.29, 0.717) is 45.1 Å². The lowest BCUT2D eigenvalue weighted by Crippen LogP contribution is -2.22. The molecule has 0 unspecified atom stereocenters. The number of aromatic nitrogens is 3. The number of pyridine rings is 1. The molecule has 0 fully saturated rings. The van der Waals surface area contributed by atoms with Crippen LogP contribution in [0.1, 0.15) is 20.8 Å². The molecule has 9 heteroatoms. The fourth-order valence-corrected chi connectivity index (χ4v) is 5.05. The van der Waals surface area contributed by atoms with Crippen LogP contribution in [0.2, 0.25) is 9.36 Å². The zero-order chi connectivity index (χ0) is 25.1. The highest BCUT2D eigenvalue weighted by Crippen LogP contribution is 2.26. The van der Waals surface area contributed by atoms with Gasteiger partial charge < -0.3 is 9.88 Å². The van der Waals surface area contributed by atoms with Crippen molar-refractivity contribution in [1.29, 1.82) is 0 Å². The van der Waals surface area contributed by atoms with Gasteiger partial charge in [0.05, 0.1) is 33.6 Å². The van der Waals surface area contributed by atoms with Gasteiger partial charge in [0, 0.05) is 17.1 Å². The van der Waals surface area contributed by atoms with Crippen molar-refractivity contribution in [1.82, 2.24) is 14.3 Å². The minimum Gasteiger partial charge on any atom is -0.365 e. The van der Waals surface area contributed by atoms with Gasteiger partial charge in [-0.15, -0.1) is 11.3 Å². The number of carbonyl (C=O) groups is 1. The number of thiophene rings is 1. The van der Waals surface area contributed by atoms with Gasteiger partial charge in [0.15, 0.2) is 0 Å². The summed E-state index contributed by atoms with van der Waals surface area (Å²) in [5, 5.41) is 8.11. The van der Waals surface area contributed by atoms with Crippen molar-refractivity contribution in [2.75, 3.05) is 5.32 Å². The van der Waals surface area contributed by atoms with Crippen LogP contribution in [-0.2, 0) is 13.1 Å². The maximum absolute atomic E-state index is 13.4. The number of rotatable bonds is 7. The number of nitrogens with zero attached hydrogens (tertiary/aromatic N) is 3. The summed E-state index contributed by atoms with van der Waals surface area (Å²) in [4.78, 5) is 27.8. The number of nitrogens with one attached hydrogen (secondary N) is 1. The van der Waals surface area contributed by atoms with Gasteiger partial charge in [-0.25, -0.2) is 0 Å². The average Bonchev–Trinajstić information content (AvgIpc) is 3.50. The maximum atomic E-state index is 13.4. The second-order valence-electron chi connectivity index (χ2n) is 8.01. The molecular weight excluding hydrogens is 515 g/mol. The maximum Gasteiger partial charge on any atom is 0.281 e. The number of carbonyl (C=O) groups excluding carboxylic acids is 1. The Kier molecular flexibility index (Phi) is 7.04. The summed E-state index contributed by atoms with van der Waals surface area (Å²) >= 11 is 13.8. The van der Waals surface area contributed by atoms with Gasteiger partial charge in [-0.2, -0.15) is 9.78 Å². The average molecular weight is 535 g/mol. The van der Waals surface area contributed by atoms with Crippen LogP contribution < -0.4 is 10.9 Å². The molecule has 0 atom stereocenters. The number of halogens is 2. The number of hydrogen-bond acceptors (Lipinski definition) is 5. The minimum absolute atomic E-state index is 0.201. The van der Waals surface area contributed by atoms with E-state index in [1.54, 1.807) is 53.2 Å². The highest BCUT2D eigenvalue weighted by Gasteiger charge is 2.20. The molecule has 0 spiro atoms. The molecule has 0 saturated carbocycles. The highest BCUT2D eigenvalue weighted by atomic mass is 35.5. The van der Waals surface area contributed by atoms with Crippen molar-refractivity contribution in [2.24, 2.45) is 0 Å². The van der Waals surface area contributed by atoms with E-state index >= 15 is 0 Å². The first kappa shape index (κ1) is 24.1. The molecule has 3 heterocycles. The lowest BCUT2D eigenvalue weighted by Gasteiger charge is -2.09.